The standard InChI is InChI=1S/C25H21ClN4O5S/c1-16-7-10-22(17(2)13-16)29-36(33,34)19-9-11-23(24(14-19)30(31)32)28-27-15-18-8-12-25(35-18)20-5-3-4-6-21(20)26/h3-15,28-29H,1-2H3/b27-15-. The van der Waals surface area contributed by atoms with E-state index < -0.39 is 20.6 Å². The highest BCUT2D eigenvalue weighted by Gasteiger charge is 2.22. The molecule has 2 N–H and O–H groups in total. The molecule has 9 nitrogen and oxygen atoms in total. The Kier molecular flexibility index (Phi) is 7.09. The zero-order valence-electron chi connectivity index (χ0n) is 19.2. The van der Waals surface area contributed by atoms with E-state index in [0.717, 1.165) is 17.2 Å². The maximum absolute atomic E-state index is 12.9. The second-order valence-corrected chi connectivity index (χ2v) is 10.0. The van der Waals surface area contributed by atoms with Gasteiger partial charge >= 0.3 is 0 Å². The summed E-state index contributed by atoms with van der Waals surface area (Å²) in [4.78, 5) is 10.7. The molecular weight excluding hydrogens is 504 g/mol. The number of rotatable bonds is 8. The molecule has 11 heteroatoms. The number of hydrogen-bond acceptors (Lipinski definition) is 7. The van der Waals surface area contributed by atoms with E-state index in [-0.39, 0.29) is 10.6 Å². The zero-order chi connectivity index (χ0) is 25.9. The second-order valence-electron chi connectivity index (χ2n) is 7.91. The molecule has 0 aliphatic rings. The van der Waals surface area contributed by atoms with Crippen molar-refractivity contribution in [1.82, 2.24) is 0 Å². The normalized spacial score (nSPS) is 11.5. The van der Waals surface area contributed by atoms with Crippen molar-refractivity contribution in [2.75, 3.05) is 10.1 Å². The lowest BCUT2D eigenvalue weighted by Crippen LogP contribution is -2.14. The average Bonchev–Trinajstić information content (AvgIpc) is 3.30. The summed E-state index contributed by atoms with van der Waals surface area (Å²) < 4.78 is 33.9. The molecule has 0 unspecified atom stereocenters. The molecule has 4 aromatic rings. The van der Waals surface area contributed by atoms with E-state index in [4.69, 9.17) is 16.0 Å². The van der Waals surface area contributed by atoms with Crippen LogP contribution in [0, 0.1) is 24.0 Å². The van der Waals surface area contributed by atoms with Crippen LogP contribution in [0.2, 0.25) is 5.02 Å². The van der Waals surface area contributed by atoms with Gasteiger partial charge < -0.3 is 4.42 Å². The lowest BCUT2D eigenvalue weighted by atomic mass is 10.1. The minimum atomic E-state index is -4.06. The average molecular weight is 525 g/mol. The molecule has 0 spiro atoms. The Morgan fingerprint density at radius 1 is 1.00 bits per heavy atom. The molecule has 0 aliphatic carbocycles. The molecule has 0 bridgehead atoms. The van der Waals surface area contributed by atoms with E-state index >= 15 is 0 Å². The quantitative estimate of drug-likeness (QED) is 0.156. The van der Waals surface area contributed by atoms with Crippen molar-refractivity contribution < 1.29 is 17.8 Å². The monoisotopic (exact) mass is 524 g/mol. The SMILES string of the molecule is Cc1ccc(NS(=O)(=O)c2ccc(N/N=C\c3ccc(-c4ccccc4Cl)o3)c([N+](=O)[O-])c2)c(C)c1. The summed E-state index contributed by atoms with van der Waals surface area (Å²) in [6.45, 7) is 3.67. The van der Waals surface area contributed by atoms with Crippen molar-refractivity contribution in [2.45, 2.75) is 18.7 Å². The van der Waals surface area contributed by atoms with E-state index in [1.807, 2.05) is 31.2 Å². The highest BCUT2D eigenvalue weighted by Crippen LogP contribution is 2.30. The van der Waals surface area contributed by atoms with Crippen LogP contribution >= 0.6 is 11.6 Å². The Bertz CT molecular complexity index is 1580. The number of nitro groups is 1. The number of hydrogen-bond donors (Lipinski definition) is 2. The van der Waals surface area contributed by atoms with Gasteiger partial charge in [0.15, 0.2) is 0 Å². The number of nitrogens with one attached hydrogen (secondary N) is 2. The van der Waals surface area contributed by atoms with Crippen LogP contribution in [0.4, 0.5) is 17.1 Å². The molecule has 1 aromatic heterocycles. The molecule has 4 rings (SSSR count). The summed E-state index contributed by atoms with van der Waals surface area (Å²) in [5, 5.41) is 16.2. The highest BCUT2D eigenvalue weighted by atomic mass is 35.5. The third-order valence-electron chi connectivity index (χ3n) is 5.25. The Hall–Kier alpha value is -4.15. The van der Waals surface area contributed by atoms with Gasteiger partial charge in [-0.25, -0.2) is 8.42 Å². The van der Waals surface area contributed by atoms with E-state index in [2.05, 4.69) is 15.2 Å². The van der Waals surface area contributed by atoms with E-state index in [1.165, 1.54) is 18.3 Å². The number of halogens is 1. The first kappa shape index (κ1) is 25.0. The summed E-state index contributed by atoms with van der Waals surface area (Å²) >= 11 is 6.19. The number of benzene rings is 3. The Morgan fingerprint density at radius 3 is 2.47 bits per heavy atom. The van der Waals surface area contributed by atoms with E-state index in [1.54, 1.807) is 37.3 Å². The van der Waals surface area contributed by atoms with Crippen molar-refractivity contribution in [3.63, 3.8) is 0 Å². The molecule has 0 amide bonds. The Balaban J connectivity index is 1.53. The van der Waals surface area contributed by atoms with Crippen molar-refractivity contribution >= 4 is 44.9 Å². The maximum atomic E-state index is 12.9. The Morgan fingerprint density at radius 2 is 1.75 bits per heavy atom. The van der Waals surface area contributed by atoms with Gasteiger partial charge in [-0.05, 0) is 61.9 Å². The van der Waals surface area contributed by atoms with Crippen LogP contribution in [0.15, 0.2) is 87.2 Å². The van der Waals surface area contributed by atoms with Gasteiger partial charge in [0.05, 0.1) is 26.7 Å². The molecule has 0 atom stereocenters. The van der Waals surface area contributed by atoms with Gasteiger partial charge in [0.1, 0.15) is 17.2 Å². The number of hydrazone groups is 1. The minimum Gasteiger partial charge on any atom is -0.455 e. The first-order valence-corrected chi connectivity index (χ1v) is 12.5. The lowest BCUT2D eigenvalue weighted by Gasteiger charge is -2.12. The second kappa shape index (κ2) is 10.2. The fourth-order valence-electron chi connectivity index (χ4n) is 3.45. The van der Waals surface area contributed by atoms with Crippen molar-refractivity contribution in [3.8, 4) is 11.3 Å². The first-order chi connectivity index (χ1) is 17.1. The fourth-order valence-corrected chi connectivity index (χ4v) is 4.83. The molecular formula is C25H21ClN4O5S. The summed E-state index contributed by atoms with van der Waals surface area (Å²) in [7, 11) is -4.06. The van der Waals surface area contributed by atoms with E-state index in [0.29, 0.717) is 27.8 Å². The van der Waals surface area contributed by atoms with Crippen LogP contribution in [0.3, 0.4) is 0 Å². The third-order valence-corrected chi connectivity index (χ3v) is 6.94. The smallest absolute Gasteiger partial charge is 0.295 e. The number of anilines is 2. The number of nitrogens with zero attached hydrogens (tertiary/aromatic N) is 2. The topological polar surface area (TPSA) is 127 Å². The summed E-state index contributed by atoms with van der Waals surface area (Å²) in [6.07, 6.45) is 1.34. The van der Waals surface area contributed by atoms with Crippen molar-refractivity contribution in [2.24, 2.45) is 5.10 Å². The molecule has 0 saturated carbocycles. The first-order valence-electron chi connectivity index (χ1n) is 10.7. The molecule has 0 saturated heterocycles. The van der Waals surface area contributed by atoms with Gasteiger partial charge in [-0.15, -0.1) is 0 Å². The van der Waals surface area contributed by atoms with Crippen LogP contribution in [0.5, 0.6) is 0 Å². The van der Waals surface area contributed by atoms with Crippen LogP contribution in [0.25, 0.3) is 11.3 Å². The molecule has 3 aromatic carbocycles. The van der Waals surface area contributed by atoms with Gasteiger partial charge in [-0.2, -0.15) is 5.10 Å². The zero-order valence-corrected chi connectivity index (χ0v) is 20.8. The van der Waals surface area contributed by atoms with E-state index in [9.17, 15) is 18.5 Å². The molecule has 1 heterocycles. The van der Waals surface area contributed by atoms with Gasteiger partial charge in [0.2, 0.25) is 0 Å². The maximum Gasteiger partial charge on any atom is 0.295 e. The summed E-state index contributed by atoms with van der Waals surface area (Å²) in [5.41, 5.74) is 4.96. The third kappa shape index (κ3) is 5.56. The molecule has 0 radical (unpaired) electrons. The predicted molar refractivity (Wildman–Crippen MR) is 140 cm³/mol. The molecule has 36 heavy (non-hydrogen) atoms. The summed E-state index contributed by atoms with van der Waals surface area (Å²) in [6, 6.07) is 19.4. The van der Waals surface area contributed by atoms with Gasteiger partial charge in [0.25, 0.3) is 15.7 Å². The van der Waals surface area contributed by atoms with Crippen molar-refractivity contribution in [3.05, 3.63) is 105 Å². The summed E-state index contributed by atoms with van der Waals surface area (Å²) in [5.74, 6) is 0.927. The lowest BCUT2D eigenvalue weighted by molar-refractivity contribution is -0.384. The van der Waals surface area contributed by atoms with Crippen LogP contribution in [-0.4, -0.2) is 19.6 Å². The number of nitro benzene ring substituents is 1. The number of sulfonamides is 1. The molecule has 184 valence electrons. The van der Waals surface area contributed by atoms with Crippen LogP contribution in [-0.2, 0) is 10.0 Å². The number of furan rings is 1. The van der Waals surface area contributed by atoms with Crippen LogP contribution < -0.4 is 10.1 Å². The van der Waals surface area contributed by atoms with Gasteiger partial charge in [-0.1, -0.05) is 41.4 Å². The van der Waals surface area contributed by atoms with Gasteiger partial charge in [-0.3, -0.25) is 20.3 Å². The van der Waals surface area contributed by atoms with Crippen LogP contribution in [0.1, 0.15) is 16.9 Å². The Labute approximate surface area is 212 Å². The number of aryl methyl sites for hydroxylation is 2. The minimum absolute atomic E-state index is 0.0135. The van der Waals surface area contributed by atoms with Gasteiger partial charge in [0, 0.05) is 11.6 Å². The molecule has 0 fully saturated rings. The highest BCUT2D eigenvalue weighted by molar-refractivity contribution is 7.92. The van der Waals surface area contributed by atoms with Crippen molar-refractivity contribution in [1.29, 1.82) is 0 Å². The largest absolute Gasteiger partial charge is 0.455 e. The predicted octanol–water partition coefficient (Wildman–Crippen LogP) is 6.37. The molecule has 0 aliphatic heterocycles. The fraction of sp³-hybridized carbons (Fsp3) is 0.0800.